The fraction of sp³-hybridized carbons (Fsp3) is 0.639. The number of amides is 2. The first-order valence-electron chi connectivity index (χ1n) is 18.2. The lowest BCUT2D eigenvalue weighted by molar-refractivity contribution is -0.122. The summed E-state index contributed by atoms with van der Waals surface area (Å²) in [4.78, 5) is 35.3. The molecule has 0 bridgehead atoms. The number of carbonyl (C=O) groups excluding carboxylic acids is 2. The third kappa shape index (κ3) is 13.5. The molecule has 2 amide bonds. The van der Waals surface area contributed by atoms with E-state index in [4.69, 9.17) is 23.1 Å². The molecule has 50 heavy (non-hydrogen) atoms. The summed E-state index contributed by atoms with van der Waals surface area (Å²) in [6.07, 6.45) is 8.72. The van der Waals surface area contributed by atoms with Gasteiger partial charge in [-0.15, -0.1) is 0 Å². The summed E-state index contributed by atoms with van der Waals surface area (Å²) < 4.78 is 28.3. The molecule has 2 aromatic rings. The van der Waals surface area contributed by atoms with Crippen LogP contribution < -0.4 is 26.6 Å². The molecule has 0 atom stereocenters. The SMILES string of the molecule is NCCCN(CCCN)CCCC(=O)NC1CCCCC1.O=C1CCCN1c1ccc(SN2CCN(c3cc(C(F)F)cc(Cl)n3)CC2)cc1. The highest BCUT2D eigenvalue weighted by molar-refractivity contribution is 7.97. The highest BCUT2D eigenvalue weighted by Crippen LogP contribution is 2.30. The number of pyridine rings is 1. The van der Waals surface area contributed by atoms with E-state index < -0.39 is 6.43 Å². The third-order valence-corrected chi connectivity index (χ3v) is 10.6. The standard InChI is InChI=1S/C20H21ClF2N4OS.C16H34N4O/c21-17-12-14(20(22)23)13-18(24-17)25-8-10-26(11-9-25)29-16-5-3-15(4-6-16)27-7-1-2-19(27)28;17-10-5-13-20(14-6-11-18)12-4-9-16(21)19-15-7-2-1-3-8-15/h3-6,12-13,20H,1-2,7-11H2;15H,1-14,17-18H2,(H,19,21). The Labute approximate surface area is 305 Å². The second kappa shape index (κ2) is 21.7. The van der Waals surface area contributed by atoms with Gasteiger partial charge in [-0.1, -0.05) is 30.9 Å². The van der Waals surface area contributed by atoms with Crippen molar-refractivity contribution in [1.82, 2.24) is 19.5 Å². The Morgan fingerprint density at radius 1 is 0.940 bits per heavy atom. The van der Waals surface area contributed by atoms with Gasteiger partial charge < -0.3 is 31.5 Å². The van der Waals surface area contributed by atoms with Crippen LogP contribution in [0.3, 0.4) is 0 Å². The number of halogens is 3. The zero-order valence-corrected chi connectivity index (χ0v) is 30.8. The van der Waals surface area contributed by atoms with Gasteiger partial charge in [0.1, 0.15) is 11.0 Å². The fourth-order valence-corrected chi connectivity index (χ4v) is 7.65. The van der Waals surface area contributed by atoms with Crippen LogP contribution in [0.1, 0.15) is 82.6 Å². The van der Waals surface area contributed by atoms with Crippen molar-refractivity contribution in [2.24, 2.45) is 11.5 Å². The topological polar surface area (TPSA) is 124 Å². The number of anilines is 2. The average Bonchev–Trinajstić information content (AvgIpc) is 3.56. The lowest BCUT2D eigenvalue weighted by atomic mass is 9.95. The molecule has 5 N–H and O–H groups in total. The van der Waals surface area contributed by atoms with Crippen LogP contribution in [-0.4, -0.2) is 97.5 Å². The second-order valence-corrected chi connectivity index (χ2v) is 14.7. The predicted molar refractivity (Wildman–Crippen MR) is 200 cm³/mol. The number of carbonyl (C=O) groups is 2. The first-order valence-corrected chi connectivity index (χ1v) is 19.4. The van der Waals surface area contributed by atoms with Gasteiger partial charge in [-0.05, 0) is 120 Å². The van der Waals surface area contributed by atoms with Crippen molar-refractivity contribution in [3.63, 3.8) is 0 Å². The number of aromatic nitrogens is 1. The molecular formula is C36H55ClF2N8O2S. The molecule has 1 aromatic carbocycles. The summed E-state index contributed by atoms with van der Waals surface area (Å²) in [7, 11) is 0. The van der Waals surface area contributed by atoms with E-state index in [-0.39, 0.29) is 22.5 Å². The van der Waals surface area contributed by atoms with E-state index in [1.165, 1.54) is 31.4 Å². The Balaban J connectivity index is 0.000000238. The molecule has 10 nitrogen and oxygen atoms in total. The number of rotatable bonds is 16. The van der Waals surface area contributed by atoms with E-state index >= 15 is 0 Å². The van der Waals surface area contributed by atoms with Crippen molar-refractivity contribution in [2.75, 3.05) is 75.2 Å². The Bertz CT molecular complexity index is 1310. The fourth-order valence-electron chi connectivity index (χ4n) is 6.53. The molecule has 3 fully saturated rings. The zero-order chi connectivity index (χ0) is 35.7. The van der Waals surface area contributed by atoms with Crippen molar-refractivity contribution in [3.05, 3.63) is 47.1 Å². The minimum absolute atomic E-state index is 0.0891. The maximum absolute atomic E-state index is 13.0. The van der Waals surface area contributed by atoms with Crippen molar-refractivity contribution in [1.29, 1.82) is 0 Å². The van der Waals surface area contributed by atoms with Crippen LogP contribution in [0.2, 0.25) is 5.15 Å². The molecular weight excluding hydrogens is 682 g/mol. The molecule has 0 radical (unpaired) electrons. The van der Waals surface area contributed by atoms with E-state index in [0.717, 1.165) is 101 Å². The van der Waals surface area contributed by atoms with Crippen molar-refractivity contribution < 1.29 is 18.4 Å². The Morgan fingerprint density at radius 2 is 1.60 bits per heavy atom. The first-order chi connectivity index (χ1) is 24.2. The molecule has 14 heteroatoms. The van der Waals surface area contributed by atoms with Crippen LogP contribution in [0.5, 0.6) is 0 Å². The Kier molecular flexibility index (Phi) is 17.5. The summed E-state index contributed by atoms with van der Waals surface area (Å²) >= 11 is 7.57. The van der Waals surface area contributed by atoms with Crippen LogP contribution in [0.15, 0.2) is 41.3 Å². The van der Waals surface area contributed by atoms with Crippen LogP contribution in [0.4, 0.5) is 20.3 Å². The Hall–Kier alpha value is -2.55. The summed E-state index contributed by atoms with van der Waals surface area (Å²) in [5.74, 6) is 0.905. The minimum Gasteiger partial charge on any atom is -0.354 e. The molecule has 3 aliphatic rings. The van der Waals surface area contributed by atoms with Gasteiger partial charge in [-0.3, -0.25) is 9.59 Å². The first kappa shape index (κ1) is 40.2. The highest BCUT2D eigenvalue weighted by Gasteiger charge is 2.23. The van der Waals surface area contributed by atoms with Crippen molar-refractivity contribution in [3.8, 4) is 0 Å². The lowest BCUT2D eigenvalue weighted by Crippen LogP contribution is -2.43. The predicted octanol–water partition coefficient (Wildman–Crippen LogP) is 5.84. The van der Waals surface area contributed by atoms with Gasteiger partial charge in [-0.25, -0.2) is 18.1 Å². The molecule has 5 rings (SSSR count). The maximum atomic E-state index is 13.0. The average molecular weight is 737 g/mol. The number of nitrogens with one attached hydrogen (secondary N) is 1. The van der Waals surface area contributed by atoms with E-state index in [1.807, 2.05) is 34.1 Å². The van der Waals surface area contributed by atoms with Crippen molar-refractivity contribution >= 4 is 46.9 Å². The number of nitrogens with two attached hydrogens (primary N) is 2. The quantitative estimate of drug-likeness (QED) is 0.144. The van der Waals surface area contributed by atoms with E-state index in [2.05, 4.69) is 19.5 Å². The Morgan fingerprint density at radius 3 is 2.20 bits per heavy atom. The van der Waals surface area contributed by atoms with E-state index in [1.54, 1.807) is 11.9 Å². The van der Waals surface area contributed by atoms with E-state index in [0.29, 0.717) is 37.8 Å². The molecule has 0 unspecified atom stereocenters. The summed E-state index contributed by atoms with van der Waals surface area (Å²) in [5.41, 5.74) is 12.0. The maximum Gasteiger partial charge on any atom is 0.264 e. The number of benzene rings is 1. The third-order valence-electron chi connectivity index (χ3n) is 9.28. The summed E-state index contributed by atoms with van der Waals surface area (Å²) in [5, 5.41) is 3.27. The van der Waals surface area contributed by atoms with Crippen molar-refractivity contribution in [2.45, 2.75) is 88.0 Å². The molecule has 1 saturated carbocycles. The van der Waals surface area contributed by atoms with Gasteiger partial charge in [0, 0.05) is 67.8 Å². The van der Waals surface area contributed by atoms with E-state index in [9.17, 15) is 18.4 Å². The van der Waals surface area contributed by atoms with Crippen LogP contribution in [0, 0.1) is 0 Å². The van der Waals surface area contributed by atoms with Gasteiger partial charge in [0.15, 0.2) is 0 Å². The normalized spacial score (nSPS) is 17.4. The number of alkyl halides is 2. The highest BCUT2D eigenvalue weighted by atomic mass is 35.5. The molecule has 1 aromatic heterocycles. The molecule has 0 spiro atoms. The summed E-state index contributed by atoms with van der Waals surface area (Å²) in [6, 6.07) is 11.1. The monoisotopic (exact) mass is 736 g/mol. The molecule has 1 aliphatic carbocycles. The van der Waals surface area contributed by atoms with Crippen LogP contribution in [0.25, 0.3) is 0 Å². The number of hydrogen-bond acceptors (Lipinski definition) is 9. The molecule has 2 aliphatic heterocycles. The minimum atomic E-state index is -2.56. The number of hydrogen-bond donors (Lipinski definition) is 3. The molecule has 2 saturated heterocycles. The smallest absolute Gasteiger partial charge is 0.264 e. The zero-order valence-electron chi connectivity index (χ0n) is 29.2. The summed E-state index contributed by atoms with van der Waals surface area (Å²) in [6.45, 7) is 8.15. The molecule has 3 heterocycles. The number of piperazine rings is 1. The van der Waals surface area contributed by atoms with Gasteiger partial charge >= 0.3 is 0 Å². The largest absolute Gasteiger partial charge is 0.354 e. The second-order valence-electron chi connectivity index (χ2n) is 13.2. The van der Waals surface area contributed by atoms with Gasteiger partial charge in [0.05, 0.1) is 0 Å². The van der Waals surface area contributed by atoms with Gasteiger partial charge in [-0.2, -0.15) is 0 Å². The number of nitrogens with zero attached hydrogens (tertiary/aromatic N) is 5. The van der Waals surface area contributed by atoms with Gasteiger partial charge in [0.25, 0.3) is 6.43 Å². The van der Waals surface area contributed by atoms with Crippen LogP contribution >= 0.6 is 23.5 Å². The lowest BCUT2D eigenvalue weighted by Gasteiger charge is -2.34. The molecule has 278 valence electrons. The van der Waals surface area contributed by atoms with Crippen LogP contribution in [-0.2, 0) is 9.59 Å². The van der Waals surface area contributed by atoms with Gasteiger partial charge in [0.2, 0.25) is 11.8 Å².